The van der Waals surface area contributed by atoms with Crippen molar-refractivity contribution in [1.29, 1.82) is 0 Å². The molecule has 8 nitrogen and oxygen atoms in total. The van der Waals surface area contributed by atoms with Crippen molar-refractivity contribution in [2.75, 3.05) is 5.75 Å². The van der Waals surface area contributed by atoms with Gasteiger partial charge in [0, 0.05) is 24.3 Å². The van der Waals surface area contributed by atoms with Crippen LogP contribution < -0.4 is 10.1 Å². The van der Waals surface area contributed by atoms with E-state index in [4.69, 9.17) is 9.47 Å². The van der Waals surface area contributed by atoms with Crippen molar-refractivity contribution in [1.82, 2.24) is 5.32 Å². The molecule has 0 saturated heterocycles. The van der Waals surface area contributed by atoms with Crippen LogP contribution in [0.2, 0.25) is 0 Å². The van der Waals surface area contributed by atoms with Crippen LogP contribution in [0.15, 0.2) is 66.7 Å². The minimum atomic E-state index is -1.34. The number of carboxylic acid groups (broad SMARTS) is 1. The lowest BCUT2D eigenvalue weighted by Crippen LogP contribution is -2.41. The number of rotatable bonds is 9. The van der Waals surface area contributed by atoms with Crippen LogP contribution in [0, 0.1) is 11.6 Å². The van der Waals surface area contributed by atoms with E-state index in [1.165, 1.54) is 24.3 Å². The summed E-state index contributed by atoms with van der Waals surface area (Å²) in [6.45, 7) is 1.05. The maximum atomic E-state index is 14.4. The van der Waals surface area contributed by atoms with E-state index in [2.05, 4.69) is 5.32 Å². The van der Waals surface area contributed by atoms with Gasteiger partial charge in [-0.25, -0.2) is 23.2 Å². The fraction of sp³-hybridized carbons (Fsp3) is 0.154. The zero-order valence-electron chi connectivity index (χ0n) is 19.4. The number of ether oxygens (including phenoxy) is 2. The molecule has 1 atom stereocenters. The van der Waals surface area contributed by atoms with Gasteiger partial charge in [0.25, 0.3) is 0 Å². The van der Waals surface area contributed by atoms with Gasteiger partial charge in [0.15, 0.2) is 0 Å². The minimum absolute atomic E-state index is 0.00497. The Morgan fingerprint density at radius 1 is 1.00 bits per heavy atom. The number of carboxylic acids is 1. The third-order valence-electron chi connectivity index (χ3n) is 4.89. The second-order valence-electron chi connectivity index (χ2n) is 7.65. The van der Waals surface area contributed by atoms with Crippen LogP contribution in [-0.4, -0.2) is 40.0 Å². The molecule has 11 heteroatoms. The van der Waals surface area contributed by atoms with E-state index in [-0.39, 0.29) is 34.8 Å². The summed E-state index contributed by atoms with van der Waals surface area (Å²) in [6, 6.07) is 14.3. The van der Waals surface area contributed by atoms with Crippen molar-refractivity contribution in [3.63, 3.8) is 0 Å². The SMILES string of the molecule is CC(=O)N[C@@H](CSC(=O)Oc1ccc(-c2ccc(F)cc2F)cc1C(=O)OCc1ccccc1)C(=O)O. The molecule has 0 spiro atoms. The lowest BCUT2D eigenvalue weighted by Gasteiger charge is -2.14. The number of amides is 1. The highest BCUT2D eigenvalue weighted by Crippen LogP contribution is 2.30. The predicted octanol–water partition coefficient (Wildman–Crippen LogP) is 4.81. The van der Waals surface area contributed by atoms with Crippen molar-refractivity contribution in [2.24, 2.45) is 0 Å². The molecule has 3 aromatic rings. The van der Waals surface area contributed by atoms with Gasteiger partial charge in [-0.05, 0) is 47.2 Å². The summed E-state index contributed by atoms with van der Waals surface area (Å²) in [5.41, 5.74) is 0.699. The van der Waals surface area contributed by atoms with Crippen LogP contribution in [0.1, 0.15) is 22.8 Å². The first-order valence-electron chi connectivity index (χ1n) is 10.8. The summed E-state index contributed by atoms with van der Waals surface area (Å²) < 4.78 is 38.3. The van der Waals surface area contributed by atoms with E-state index >= 15 is 0 Å². The molecule has 3 rings (SSSR count). The van der Waals surface area contributed by atoms with E-state index < -0.39 is 40.8 Å². The zero-order valence-corrected chi connectivity index (χ0v) is 20.2. The number of hydrogen-bond acceptors (Lipinski definition) is 7. The highest BCUT2D eigenvalue weighted by molar-refractivity contribution is 8.13. The third-order valence-corrected chi connectivity index (χ3v) is 5.71. The standard InChI is InChI=1S/C26H21F2NO7S/c1-15(30)29-22(24(31)32)14-37-26(34)36-23-10-7-17(19-9-8-18(27)12-21(19)28)11-20(23)25(33)35-13-16-5-3-2-4-6-16/h2-12,22H,13-14H2,1H3,(H,29,30)(H,31,32)/t22-/m0/s1. The molecule has 2 N–H and O–H groups in total. The van der Waals surface area contributed by atoms with Crippen LogP contribution in [-0.2, 0) is 20.9 Å². The predicted molar refractivity (Wildman–Crippen MR) is 131 cm³/mol. The minimum Gasteiger partial charge on any atom is -0.480 e. The number of thioether (sulfide) groups is 1. The Morgan fingerprint density at radius 3 is 2.38 bits per heavy atom. The van der Waals surface area contributed by atoms with E-state index in [1.807, 2.05) is 0 Å². The molecule has 192 valence electrons. The van der Waals surface area contributed by atoms with Gasteiger partial charge < -0.3 is 19.9 Å². The van der Waals surface area contributed by atoms with Crippen LogP contribution in [0.25, 0.3) is 11.1 Å². The van der Waals surface area contributed by atoms with E-state index in [1.54, 1.807) is 30.3 Å². The maximum Gasteiger partial charge on any atom is 0.372 e. The molecule has 0 aliphatic rings. The second-order valence-corrected chi connectivity index (χ2v) is 8.61. The fourth-order valence-electron chi connectivity index (χ4n) is 3.16. The van der Waals surface area contributed by atoms with Crippen molar-refractivity contribution < 1.29 is 42.5 Å². The molecule has 0 aliphatic carbocycles. The largest absolute Gasteiger partial charge is 0.480 e. The molecule has 1 amide bonds. The van der Waals surface area contributed by atoms with E-state index in [9.17, 15) is 33.1 Å². The average molecular weight is 530 g/mol. The first-order chi connectivity index (χ1) is 17.6. The van der Waals surface area contributed by atoms with Crippen molar-refractivity contribution >= 4 is 34.9 Å². The first kappa shape index (κ1) is 27.3. The Kier molecular flexibility index (Phi) is 9.33. The van der Waals surface area contributed by atoms with Gasteiger partial charge in [0.2, 0.25) is 5.91 Å². The molecule has 37 heavy (non-hydrogen) atoms. The number of carbonyl (C=O) groups is 4. The van der Waals surface area contributed by atoms with Crippen LogP contribution in [0.5, 0.6) is 5.75 Å². The average Bonchev–Trinajstić information content (AvgIpc) is 2.85. The Bertz CT molecular complexity index is 1320. The number of hydrogen-bond donors (Lipinski definition) is 2. The number of halogens is 2. The highest BCUT2D eigenvalue weighted by atomic mass is 32.2. The smallest absolute Gasteiger partial charge is 0.372 e. The number of esters is 1. The van der Waals surface area contributed by atoms with E-state index in [0.29, 0.717) is 23.4 Å². The number of benzene rings is 3. The number of nitrogens with one attached hydrogen (secondary N) is 1. The Morgan fingerprint density at radius 2 is 1.73 bits per heavy atom. The molecular weight excluding hydrogens is 508 g/mol. The Hall–Kier alpha value is -4.25. The molecule has 0 fully saturated rings. The monoisotopic (exact) mass is 529 g/mol. The van der Waals surface area contributed by atoms with Gasteiger partial charge in [-0.2, -0.15) is 0 Å². The number of carbonyl (C=O) groups excluding carboxylic acids is 3. The highest BCUT2D eigenvalue weighted by Gasteiger charge is 2.23. The lowest BCUT2D eigenvalue weighted by molar-refractivity contribution is -0.140. The zero-order chi connectivity index (χ0) is 26.9. The van der Waals surface area contributed by atoms with Gasteiger partial charge in [-0.15, -0.1) is 0 Å². The van der Waals surface area contributed by atoms with Crippen molar-refractivity contribution in [3.05, 3.63) is 89.5 Å². The molecule has 3 aromatic carbocycles. The number of aliphatic carboxylic acids is 1. The molecule has 0 heterocycles. The summed E-state index contributed by atoms with van der Waals surface area (Å²) in [5, 5.41) is 10.4. The molecule has 0 saturated carbocycles. The van der Waals surface area contributed by atoms with Gasteiger partial charge >= 0.3 is 17.2 Å². The second kappa shape index (κ2) is 12.6. The van der Waals surface area contributed by atoms with E-state index in [0.717, 1.165) is 13.0 Å². The molecule has 0 bridgehead atoms. The van der Waals surface area contributed by atoms with Gasteiger partial charge in [0.1, 0.15) is 35.6 Å². The summed E-state index contributed by atoms with van der Waals surface area (Å²) in [7, 11) is 0. The van der Waals surface area contributed by atoms with Crippen LogP contribution in [0.4, 0.5) is 13.6 Å². The summed E-state index contributed by atoms with van der Waals surface area (Å²) in [4.78, 5) is 47.8. The normalized spacial score (nSPS) is 11.3. The quantitative estimate of drug-likeness (QED) is 0.379. The topological polar surface area (TPSA) is 119 Å². The Balaban J connectivity index is 1.84. The summed E-state index contributed by atoms with van der Waals surface area (Å²) in [5.74, 6) is -4.98. The molecule has 0 aromatic heterocycles. The van der Waals surface area contributed by atoms with Crippen LogP contribution >= 0.6 is 11.8 Å². The molecular formula is C26H21F2NO7S. The van der Waals surface area contributed by atoms with Crippen molar-refractivity contribution in [2.45, 2.75) is 19.6 Å². The Labute approximate surface area is 214 Å². The maximum absolute atomic E-state index is 14.4. The van der Waals surface area contributed by atoms with Crippen LogP contribution in [0.3, 0.4) is 0 Å². The molecule has 0 aliphatic heterocycles. The molecule has 0 radical (unpaired) electrons. The summed E-state index contributed by atoms with van der Waals surface area (Å²) >= 11 is 0.474. The first-order valence-corrected chi connectivity index (χ1v) is 11.8. The van der Waals surface area contributed by atoms with Gasteiger partial charge in [-0.1, -0.05) is 36.4 Å². The van der Waals surface area contributed by atoms with Gasteiger partial charge in [0.05, 0.1) is 0 Å². The molecule has 0 unspecified atom stereocenters. The van der Waals surface area contributed by atoms with Crippen molar-refractivity contribution in [3.8, 4) is 16.9 Å². The lowest BCUT2D eigenvalue weighted by atomic mass is 10.0. The van der Waals surface area contributed by atoms with Gasteiger partial charge in [-0.3, -0.25) is 4.79 Å². The third kappa shape index (κ3) is 7.87. The fourth-order valence-corrected chi connectivity index (χ4v) is 3.84. The summed E-state index contributed by atoms with van der Waals surface area (Å²) in [6.07, 6.45) is 0.